The van der Waals surface area contributed by atoms with Gasteiger partial charge in [0.1, 0.15) is 5.76 Å². The number of aromatic nitrogens is 1. The Labute approximate surface area is 75.9 Å². The number of halogens is 2. The van der Waals surface area contributed by atoms with E-state index in [0.29, 0.717) is 11.5 Å². The molecule has 13 heavy (non-hydrogen) atoms. The van der Waals surface area contributed by atoms with Crippen LogP contribution < -0.4 is 0 Å². The molecule has 0 amide bonds. The van der Waals surface area contributed by atoms with Crippen LogP contribution in [-0.2, 0) is 6.42 Å². The third-order valence-corrected chi connectivity index (χ3v) is 1.64. The smallest absolute Gasteiger partial charge is 0.251 e. The van der Waals surface area contributed by atoms with Gasteiger partial charge in [-0.05, 0) is 6.92 Å². The monoisotopic (exact) mass is 189 g/mol. The number of alkyl halides is 2. The Bertz CT molecular complexity index is 275. The van der Waals surface area contributed by atoms with Crippen molar-refractivity contribution in [2.75, 3.05) is 0 Å². The predicted molar refractivity (Wildman–Crippen MR) is 44.9 cm³/mol. The van der Waals surface area contributed by atoms with Crippen LogP contribution in [0.3, 0.4) is 0 Å². The lowest BCUT2D eigenvalue weighted by atomic mass is 10.1. The van der Waals surface area contributed by atoms with Crippen LogP contribution in [0.1, 0.15) is 38.1 Å². The molecule has 0 unspecified atom stereocenters. The molecule has 0 aliphatic heterocycles. The molecular formula is C9H13F2NO. The molecule has 1 rings (SSSR count). The maximum Gasteiger partial charge on any atom is 0.251 e. The summed E-state index contributed by atoms with van der Waals surface area (Å²) >= 11 is 0. The second kappa shape index (κ2) is 3.44. The van der Waals surface area contributed by atoms with Gasteiger partial charge in [0.05, 0.1) is 12.1 Å². The molecular weight excluding hydrogens is 176 g/mol. The molecule has 0 saturated carbocycles. The maximum atomic E-state index is 12.5. The summed E-state index contributed by atoms with van der Waals surface area (Å²) < 4.78 is 30.0. The highest BCUT2D eigenvalue weighted by Gasteiger charge is 2.24. The zero-order valence-corrected chi connectivity index (χ0v) is 7.97. The third-order valence-electron chi connectivity index (χ3n) is 1.64. The van der Waals surface area contributed by atoms with E-state index >= 15 is 0 Å². The lowest BCUT2D eigenvalue weighted by molar-refractivity contribution is 0.0209. The van der Waals surface area contributed by atoms with Gasteiger partial charge in [0, 0.05) is 12.0 Å². The molecule has 0 aromatic carbocycles. The van der Waals surface area contributed by atoms with Crippen LogP contribution in [-0.4, -0.2) is 11.1 Å². The first-order chi connectivity index (χ1) is 5.88. The minimum absolute atomic E-state index is 0.187. The van der Waals surface area contributed by atoms with Crippen molar-refractivity contribution < 1.29 is 13.3 Å². The van der Waals surface area contributed by atoms with Gasteiger partial charge in [-0.25, -0.2) is 8.78 Å². The van der Waals surface area contributed by atoms with Crippen LogP contribution in [0.25, 0.3) is 0 Å². The molecule has 1 aromatic heterocycles. The van der Waals surface area contributed by atoms with Gasteiger partial charge in [-0.15, -0.1) is 0 Å². The van der Waals surface area contributed by atoms with Gasteiger partial charge in [0.25, 0.3) is 5.92 Å². The number of hydrogen-bond acceptors (Lipinski definition) is 2. The molecule has 0 aliphatic rings. The topological polar surface area (TPSA) is 26.0 Å². The molecule has 1 aromatic rings. The van der Waals surface area contributed by atoms with E-state index in [0.717, 1.165) is 6.92 Å². The average Bonchev–Trinajstić information content (AvgIpc) is 2.31. The standard InChI is InChI=1S/C9H13F2NO/c1-6(2)8-4-7(12-13-8)5-9(3,10)11/h4,6H,5H2,1-3H3. The summed E-state index contributed by atoms with van der Waals surface area (Å²) in [5.41, 5.74) is 0.316. The van der Waals surface area contributed by atoms with Gasteiger partial charge in [0.15, 0.2) is 0 Å². The molecule has 0 spiro atoms. The Kier molecular flexibility index (Phi) is 2.68. The van der Waals surface area contributed by atoms with Crippen LogP contribution in [0.4, 0.5) is 8.78 Å². The van der Waals surface area contributed by atoms with Crippen LogP contribution in [0.15, 0.2) is 10.6 Å². The fourth-order valence-corrected chi connectivity index (χ4v) is 1.00. The second-order valence-electron chi connectivity index (χ2n) is 3.62. The van der Waals surface area contributed by atoms with Crippen molar-refractivity contribution in [2.24, 2.45) is 0 Å². The molecule has 0 bridgehead atoms. The first-order valence-electron chi connectivity index (χ1n) is 4.22. The van der Waals surface area contributed by atoms with Crippen LogP contribution >= 0.6 is 0 Å². The highest BCUT2D eigenvalue weighted by Crippen LogP contribution is 2.21. The van der Waals surface area contributed by atoms with Gasteiger partial charge < -0.3 is 4.52 Å². The first kappa shape index (κ1) is 10.2. The summed E-state index contributed by atoms with van der Waals surface area (Å²) in [5, 5.41) is 3.57. The molecule has 0 aliphatic carbocycles. The number of hydrogen-bond donors (Lipinski definition) is 0. The van der Waals surface area contributed by atoms with Gasteiger partial charge in [-0.3, -0.25) is 0 Å². The maximum absolute atomic E-state index is 12.5. The quantitative estimate of drug-likeness (QED) is 0.730. The summed E-state index contributed by atoms with van der Waals surface area (Å²) in [4.78, 5) is 0. The van der Waals surface area contributed by atoms with Crippen LogP contribution in [0.2, 0.25) is 0 Å². The molecule has 0 N–H and O–H groups in total. The molecule has 0 saturated heterocycles. The molecule has 2 nitrogen and oxygen atoms in total. The van der Waals surface area contributed by atoms with Gasteiger partial charge in [0.2, 0.25) is 0 Å². The van der Waals surface area contributed by atoms with Gasteiger partial charge in [-0.1, -0.05) is 19.0 Å². The Morgan fingerprint density at radius 2 is 2.15 bits per heavy atom. The fraction of sp³-hybridized carbons (Fsp3) is 0.667. The summed E-state index contributed by atoms with van der Waals surface area (Å²) in [6, 6.07) is 1.59. The van der Waals surface area contributed by atoms with Crippen molar-refractivity contribution in [1.29, 1.82) is 0 Å². The zero-order chi connectivity index (χ0) is 10.1. The molecule has 1 heterocycles. The normalized spacial score (nSPS) is 12.5. The number of nitrogens with zero attached hydrogens (tertiary/aromatic N) is 1. The van der Waals surface area contributed by atoms with E-state index in [1.807, 2.05) is 13.8 Å². The average molecular weight is 189 g/mol. The number of rotatable bonds is 3. The molecule has 0 fully saturated rings. The molecule has 0 radical (unpaired) electrons. The Morgan fingerprint density at radius 1 is 1.54 bits per heavy atom. The van der Waals surface area contributed by atoms with E-state index in [1.165, 1.54) is 0 Å². The van der Waals surface area contributed by atoms with E-state index < -0.39 is 5.92 Å². The lowest BCUT2D eigenvalue weighted by Crippen LogP contribution is -2.13. The third kappa shape index (κ3) is 3.13. The molecule has 0 atom stereocenters. The van der Waals surface area contributed by atoms with E-state index in [9.17, 15) is 8.78 Å². The van der Waals surface area contributed by atoms with E-state index in [1.54, 1.807) is 6.07 Å². The van der Waals surface area contributed by atoms with Crippen molar-refractivity contribution in [3.05, 3.63) is 17.5 Å². The predicted octanol–water partition coefficient (Wildman–Crippen LogP) is 3.00. The second-order valence-corrected chi connectivity index (χ2v) is 3.62. The summed E-state index contributed by atoms with van der Waals surface area (Å²) in [6.45, 7) is 4.72. The molecule has 4 heteroatoms. The zero-order valence-electron chi connectivity index (χ0n) is 7.97. The lowest BCUT2D eigenvalue weighted by Gasteiger charge is -2.05. The Hall–Kier alpha value is -0.930. The van der Waals surface area contributed by atoms with Crippen LogP contribution in [0, 0.1) is 0 Å². The van der Waals surface area contributed by atoms with E-state index in [2.05, 4.69) is 5.16 Å². The van der Waals surface area contributed by atoms with Crippen molar-refractivity contribution in [3.8, 4) is 0 Å². The highest BCUT2D eigenvalue weighted by atomic mass is 19.3. The summed E-state index contributed by atoms with van der Waals surface area (Å²) in [5.74, 6) is -1.88. The van der Waals surface area contributed by atoms with Crippen molar-refractivity contribution >= 4 is 0 Å². The highest BCUT2D eigenvalue weighted by molar-refractivity contribution is 5.09. The van der Waals surface area contributed by atoms with Gasteiger partial charge >= 0.3 is 0 Å². The minimum Gasteiger partial charge on any atom is -0.361 e. The SMILES string of the molecule is CC(C)c1cc(CC(C)(F)F)no1. The van der Waals surface area contributed by atoms with E-state index in [4.69, 9.17) is 4.52 Å². The first-order valence-corrected chi connectivity index (χ1v) is 4.22. The van der Waals surface area contributed by atoms with Crippen molar-refractivity contribution in [3.63, 3.8) is 0 Å². The van der Waals surface area contributed by atoms with E-state index in [-0.39, 0.29) is 12.3 Å². The van der Waals surface area contributed by atoms with Crippen LogP contribution in [0.5, 0.6) is 0 Å². The Balaban J connectivity index is 2.70. The van der Waals surface area contributed by atoms with Crippen molar-refractivity contribution in [2.45, 2.75) is 39.0 Å². The van der Waals surface area contributed by atoms with Gasteiger partial charge in [-0.2, -0.15) is 0 Å². The summed E-state index contributed by atoms with van der Waals surface area (Å²) in [6.07, 6.45) is -0.358. The summed E-state index contributed by atoms with van der Waals surface area (Å²) in [7, 11) is 0. The largest absolute Gasteiger partial charge is 0.361 e. The van der Waals surface area contributed by atoms with Crippen molar-refractivity contribution in [1.82, 2.24) is 5.16 Å². The Morgan fingerprint density at radius 3 is 2.54 bits per heavy atom. The fourth-order valence-electron chi connectivity index (χ4n) is 1.00. The minimum atomic E-state index is -2.72. The molecule has 74 valence electrons.